The molecule has 0 bridgehead atoms. The van der Waals surface area contributed by atoms with Gasteiger partial charge in [-0.25, -0.2) is 0 Å². The molecule has 1 aliphatic heterocycles. The SMILES string of the molecule is CC1CCCC(CN2CC(C(=O)O)C2)C1. The van der Waals surface area contributed by atoms with Gasteiger partial charge in [0, 0.05) is 19.6 Å². The molecule has 1 N–H and O–H groups in total. The molecule has 0 aromatic heterocycles. The Hall–Kier alpha value is -0.570. The number of aliphatic carboxylic acids is 1. The molecule has 2 atom stereocenters. The fraction of sp³-hybridized carbons (Fsp3) is 0.917. The normalized spacial score (nSPS) is 33.7. The van der Waals surface area contributed by atoms with Crippen molar-refractivity contribution in [1.82, 2.24) is 4.90 Å². The van der Waals surface area contributed by atoms with Crippen molar-refractivity contribution < 1.29 is 9.90 Å². The van der Waals surface area contributed by atoms with Crippen LogP contribution in [-0.2, 0) is 4.79 Å². The highest BCUT2D eigenvalue weighted by molar-refractivity contribution is 5.71. The molecule has 3 nitrogen and oxygen atoms in total. The number of hydrogen-bond acceptors (Lipinski definition) is 2. The highest BCUT2D eigenvalue weighted by atomic mass is 16.4. The van der Waals surface area contributed by atoms with Gasteiger partial charge in [0.15, 0.2) is 0 Å². The lowest BCUT2D eigenvalue weighted by atomic mass is 9.81. The fourth-order valence-corrected chi connectivity index (χ4v) is 2.97. The molecule has 0 radical (unpaired) electrons. The second kappa shape index (κ2) is 4.52. The third kappa shape index (κ3) is 2.71. The largest absolute Gasteiger partial charge is 0.481 e. The van der Waals surface area contributed by atoms with Crippen molar-refractivity contribution in [2.24, 2.45) is 17.8 Å². The number of likely N-dealkylation sites (tertiary alicyclic amines) is 1. The Kier molecular flexibility index (Phi) is 3.29. The predicted molar refractivity (Wildman–Crippen MR) is 58.7 cm³/mol. The molecule has 0 aromatic rings. The number of carboxylic acids is 1. The summed E-state index contributed by atoms with van der Waals surface area (Å²) in [6, 6.07) is 0. The maximum Gasteiger partial charge on any atom is 0.309 e. The van der Waals surface area contributed by atoms with E-state index in [4.69, 9.17) is 5.11 Å². The minimum Gasteiger partial charge on any atom is -0.481 e. The van der Waals surface area contributed by atoms with Crippen LogP contribution in [0.25, 0.3) is 0 Å². The standard InChI is InChI=1S/C12H21NO2/c1-9-3-2-4-10(5-9)6-13-7-11(8-13)12(14)15/h9-11H,2-8H2,1H3,(H,14,15). The number of nitrogens with zero attached hydrogens (tertiary/aromatic N) is 1. The number of carbonyl (C=O) groups is 1. The van der Waals surface area contributed by atoms with Gasteiger partial charge in [-0.15, -0.1) is 0 Å². The molecule has 0 amide bonds. The van der Waals surface area contributed by atoms with Crippen molar-refractivity contribution in [3.63, 3.8) is 0 Å². The second-order valence-corrected chi connectivity index (χ2v) is 5.39. The van der Waals surface area contributed by atoms with E-state index in [0.29, 0.717) is 0 Å². The third-order valence-electron chi connectivity index (χ3n) is 3.87. The fourth-order valence-electron chi connectivity index (χ4n) is 2.97. The average molecular weight is 211 g/mol. The second-order valence-electron chi connectivity index (χ2n) is 5.39. The van der Waals surface area contributed by atoms with Crippen LogP contribution in [0.2, 0.25) is 0 Å². The number of rotatable bonds is 3. The Morgan fingerprint density at radius 1 is 1.40 bits per heavy atom. The maximum atomic E-state index is 10.6. The summed E-state index contributed by atoms with van der Waals surface area (Å²) >= 11 is 0. The van der Waals surface area contributed by atoms with Gasteiger partial charge in [0.05, 0.1) is 5.92 Å². The number of carboxylic acid groups (broad SMARTS) is 1. The van der Waals surface area contributed by atoms with Crippen LogP contribution in [0.15, 0.2) is 0 Å². The monoisotopic (exact) mass is 211 g/mol. The molecule has 86 valence electrons. The van der Waals surface area contributed by atoms with E-state index in [-0.39, 0.29) is 5.92 Å². The Morgan fingerprint density at radius 2 is 2.13 bits per heavy atom. The van der Waals surface area contributed by atoms with Gasteiger partial charge in [0.2, 0.25) is 0 Å². The molecule has 3 heteroatoms. The Labute approximate surface area is 91.5 Å². The molecular formula is C12H21NO2. The van der Waals surface area contributed by atoms with Gasteiger partial charge in [0.25, 0.3) is 0 Å². The molecule has 2 fully saturated rings. The smallest absolute Gasteiger partial charge is 0.309 e. The lowest BCUT2D eigenvalue weighted by Crippen LogP contribution is -2.52. The van der Waals surface area contributed by atoms with Crippen LogP contribution in [0, 0.1) is 17.8 Å². The van der Waals surface area contributed by atoms with Gasteiger partial charge < -0.3 is 10.0 Å². The van der Waals surface area contributed by atoms with Gasteiger partial charge in [-0.2, -0.15) is 0 Å². The van der Waals surface area contributed by atoms with Crippen molar-refractivity contribution in [2.75, 3.05) is 19.6 Å². The van der Waals surface area contributed by atoms with Gasteiger partial charge >= 0.3 is 5.97 Å². The van der Waals surface area contributed by atoms with E-state index in [1.807, 2.05) is 0 Å². The van der Waals surface area contributed by atoms with Crippen molar-refractivity contribution in [3.8, 4) is 0 Å². The minimum atomic E-state index is -0.622. The first-order valence-corrected chi connectivity index (χ1v) is 6.10. The molecule has 1 heterocycles. The molecular weight excluding hydrogens is 190 g/mol. The first kappa shape index (κ1) is 10.9. The summed E-state index contributed by atoms with van der Waals surface area (Å²) < 4.78 is 0. The van der Waals surface area contributed by atoms with E-state index in [1.165, 1.54) is 25.7 Å². The van der Waals surface area contributed by atoms with Crippen LogP contribution in [0.1, 0.15) is 32.6 Å². The Morgan fingerprint density at radius 3 is 2.73 bits per heavy atom. The Balaban J connectivity index is 1.68. The molecule has 0 aromatic carbocycles. The van der Waals surface area contributed by atoms with E-state index in [1.54, 1.807) is 0 Å². The number of hydrogen-bond donors (Lipinski definition) is 1. The summed E-state index contributed by atoms with van der Waals surface area (Å²) in [4.78, 5) is 13.0. The lowest BCUT2D eigenvalue weighted by Gasteiger charge is -2.40. The molecule has 2 unspecified atom stereocenters. The summed E-state index contributed by atoms with van der Waals surface area (Å²) in [7, 11) is 0. The zero-order chi connectivity index (χ0) is 10.8. The molecule has 0 spiro atoms. The van der Waals surface area contributed by atoms with Crippen molar-refractivity contribution in [1.29, 1.82) is 0 Å². The van der Waals surface area contributed by atoms with Crippen molar-refractivity contribution in [3.05, 3.63) is 0 Å². The molecule has 15 heavy (non-hydrogen) atoms. The predicted octanol–water partition coefficient (Wildman–Crippen LogP) is 1.83. The Bertz CT molecular complexity index is 236. The van der Waals surface area contributed by atoms with Crippen LogP contribution < -0.4 is 0 Å². The highest BCUT2D eigenvalue weighted by Crippen LogP contribution is 2.30. The van der Waals surface area contributed by atoms with Crippen LogP contribution in [0.5, 0.6) is 0 Å². The minimum absolute atomic E-state index is 0.0917. The lowest BCUT2D eigenvalue weighted by molar-refractivity contribution is -0.147. The molecule has 1 aliphatic carbocycles. The summed E-state index contributed by atoms with van der Waals surface area (Å²) in [5, 5.41) is 8.77. The van der Waals surface area contributed by atoms with Crippen LogP contribution in [0.3, 0.4) is 0 Å². The zero-order valence-electron chi connectivity index (χ0n) is 9.48. The van der Waals surface area contributed by atoms with Gasteiger partial charge in [0.1, 0.15) is 0 Å². The zero-order valence-corrected chi connectivity index (χ0v) is 9.48. The van der Waals surface area contributed by atoms with E-state index >= 15 is 0 Å². The van der Waals surface area contributed by atoms with Gasteiger partial charge in [-0.1, -0.05) is 19.8 Å². The van der Waals surface area contributed by atoms with E-state index in [9.17, 15) is 4.79 Å². The third-order valence-corrected chi connectivity index (χ3v) is 3.87. The quantitative estimate of drug-likeness (QED) is 0.774. The van der Waals surface area contributed by atoms with Crippen LogP contribution >= 0.6 is 0 Å². The van der Waals surface area contributed by atoms with Crippen LogP contribution in [-0.4, -0.2) is 35.6 Å². The molecule has 2 rings (SSSR count). The van der Waals surface area contributed by atoms with Gasteiger partial charge in [-0.3, -0.25) is 4.79 Å². The molecule has 1 saturated carbocycles. The first-order valence-electron chi connectivity index (χ1n) is 6.10. The summed E-state index contributed by atoms with van der Waals surface area (Å²) in [6.07, 6.45) is 5.43. The average Bonchev–Trinajstić information content (AvgIpc) is 2.10. The maximum absolute atomic E-state index is 10.6. The van der Waals surface area contributed by atoms with Crippen molar-refractivity contribution in [2.45, 2.75) is 32.6 Å². The van der Waals surface area contributed by atoms with Crippen LogP contribution in [0.4, 0.5) is 0 Å². The van der Waals surface area contributed by atoms with Crippen molar-refractivity contribution >= 4 is 5.97 Å². The molecule has 1 saturated heterocycles. The molecule has 2 aliphatic rings. The van der Waals surface area contributed by atoms with Gasteiger partial charge in [-0.05, 0) is 24.7 Å². The van der Waals surface area contributed by atoms with E-state index in [0.717, 1.165) is 31.5 Å². The summed E-state index contributed by atoms with van der Waals surface area (Å²) in [6.45, 7) is 5.02. The van der Waals surface area contributed by atoms with E-state index in [2.05, 4.69) is 11.8 Å². The summed E-state index contributed by atoms with van der Waals surface area (Å²) in [5.41, 5.74) is 0. The topological polar surface area (TPSA) is 40.5 Å². The van der Waals surface area contributed by atoms with E-state index < -0.39 is 5.97 Å². The summed E-state index contributed by atoms with van der Waals surface area (Å²) in [5.74, 6) is 0.984. The first-order chi connectivity index (χ1) is 7.15. The highest BCUT2D eigenvalue weighted by Gasteiger charge is 2.34.